The molecule has 3 saturated heterocycles. The van der Waals surface area contributed by atoms with Gasteiger partial charge in [-0.05, 0) is 75.0 Å². The summed E-state index contributed by atoms with van der Waals surface area (Å²) in [5.74, 6) is -0.587. The van der Waals surface area contributed by atoms with Crippen LogP contribution in [0.4, 0.5) is 9.18 Å². The van der Waals surface area contributed by atoms with E-state index in [2.05, 4.69) is 11.4 Å². The number of urea groups is 1. The second kappa shape index (κ2) is 10.1. The number of amides is 4. The number of likely N-dealkylation sites (tertiary alicyclic amines) is 1. The molecule has 4 aliphatic rings. The molecule has 0 radical (unpaired) electrons. The average Bonchev–Trinajstić information content (AvgIpc) is 3.49. The first-order chi connectivity index (χ1) is 17.0. The smallest absolute Gasteiger partial charge is 0.325 e. The van der Waals surface area contributed by atoms with E-state index in [0.29, 0.717) is 39.0 Å². The number of carbonyl (C=O) groups excluding carboxylic acids is 3. The molecule has 3 aliphatic heterocycles. The van der Waals surface area contributed by atoms with Gasteiger partial charge in [0.05, 0.1) is 12.6 Å². The number of nitrogens with zero attached hydrogens (tertiary/aromatic N) is 2. The molecule has 188 valence electrons. The lowest BCUT2D eigenvalue weighted by atomic mass is 9.73. The lowest BCUT2D eigenvalue weighted by Crippen LogP contribution is -2.58. The third-order valence-corrected chi connectivity index (χ3v) is 8.05. The molecular formula is C27H34FN3O4. The second-order valence-electron chi connectivity index (χ2n) is 10.3. The van der Waals surface area contributed by atoms with Crippen LogP contribution in [-0.4, -0.2) is 65.5 Å². The van der Waals surface area contributed by atoms with Crippen LogP contribution in [0.5, 0.6) is 0 Å². The van der Waals surface area contributed by atoms with Gasteiger partial charge in [-0.25, -0.2) is 9.18 Å². The van der Waals surface area contributed by atoms with Gasteiger partial charge < -0.3 is 15.0 Å². The van der Waals surface area contributed by atoms with Crippen molar-refractivity contribution in [2.45, 2.75) is 69.4 Å². The molecular weight excluding hydrogens is 449 g/mol. The van der Waals surface area contributed by atoms with Gasteiger partial charge in [-0.1, -0.05) is 18.2 Å². The van der Waals surface area contributed by atoms with Gasteiger partial charge in [-0.15, -0.1) is 0 Å². The Hall–Kier alpha value is -2.74. The van der Waals surface area contributed by atoms with Gasteiger partial charge in [-0.2, -0.15) is 0 Å². The quantitative estimate of drug-likeness (QED) is 0.628. The van der Waals surface area contributed by atoms with Crippen LogP contribution in [0.25, 0.3) is 0 Å². The Kier molecular flexibility index (Phi) is 6.91. The molecule has 4 amide bonds. The summed E-state index contributed by atoms with van der Waals surface area (Å²) in [5.41, 5.74) is 0.598. The van der Waals surface area contributed by atoms with Crippen LogP contribution in [0.3, 0.4) is 0 Å². The molecule has 1 aromatic carbocycles. The first kappa shape index (κ1) is 24.0. The highest BCUT2D eigenvalue weighted by molar-refractivity contribution is 6.07. The molecule has 5 rings (SSSR count). The van der Waals surface area contributed by atoms with Crippen molar-refractivity contribution in [1.82, 2.24) is 15.1 Å². The molecule has 0 saturated carbocycles. The number of benzene rings is 1. The average molecular weight is 484 g/mol. The number of piperidine rings is 1. The summed E-state index contributed by atoms with van der Waals surface area (Å²) < 4.78 is 19.2. The zero-order chi connectivity index (χ0) is 24.4. The van der Waals surface area contributed by atoms with Crippen molar-refractivity contribution in [2.75, 3.05) is 26.2 Å². The lowest BCUT2D eigenvalue weighted by Gasteiger charge is -2.41. The van der Waals surface area contributed by atoms with Crippen molar-refractivity contribution >= 4 is 17.8 Å². The number of halogens is 1. The van der Waals surface area contributed by atoms with Gasteiger partial charge in [0.2, 0.25) is 5.91 Å². The van der Waals surface area contributed by atoms with Gasteiger partial charge >= 0.3 is 6.03 Å². The van der Waals surface area contributed by atoms with Gasteiger partial charge in [0.1, 0.15) is 11.4 Å². The highest BCUT2D eigenvalue weighted by Crippen LogP contribution is 2.37. The Labute approximate surface area is 205 Å². The van der Waals surface area contributed by atoms with Crippen molar-refractivity contribution in [3.63, 3.8) is 0 Å². The summed E-state index contributed by atoms with van der Waals surface area (Å²) in [5, 5.41) is 3.05. The molecule has 3 heterocycles. The van der Waals surface area contributed by atoms with E-state index >= 15 is 0 Å². The molecule has 0 aromatic heterocycles. The zero-order valence-electron chi connectivity index (χ0n) is 20.1. The summed E-state index contributed by atoms with van der Waals surface area (Å²) in [6.45, 7) is 2.01. The zero-order valence-corrected chi connectivity index (χ0v) is 20.1. The summed E-state index contributed by atoms with van der Waals surface area (Å²) >= 11 is 0. The predicted octanol–water partition coefficient (Wildman–Crippen LogP) is 3.58. The van der Waals surface area contributed by atoms with Crippen molar-refractivity contribution < 1.29 is 23.5 Å². The van der Waals surface area contributed by atoms with Crippen molar-refractivity contribution in [2.24, 2.45) is 5.92 Å². The highest BCUT2D eigenvalue weighted by Gasteiger charge is 2.56. The number of carbonyl (C=O) groups is 3. The number of hydrogen-bond donors (Lipinski definition) is 1. The number of allylic oxidation sites excluding steroid dienone is 1. The van der Waals surface area contributed by atoms with Crippen LogP contribution in [-0.2, 0) is 20.7 Å². The second-order valence-corrected chi connectivity index (χ2v) is 10.3. The molecule has 2 atom stereocenters. The Morgan fingerprint density at radius 2 is 1.86 bits per heavy atom. The van der Waals surface area contributed by atoms with E-state index in [1.54, 1.807) is 12.1 Å². The molecule has 1 aromatic rings. The van der Waals surface area contributed by atoms with Gasteiger partial charge in [-0.3, -0.25) is 14.5 Å². The topological polar surface area (TPSA) is 79.0 Å². The lowest BCUT2D eigenvalue weighted by molar-refractivity contribution is -0.136. The summed E-state index contributed by atoms with van der Waals surface area (Å²) in [7, 11) is 0. The van der Waals surface area contributed by atoms with Gasteiger partial charge in [0, 0.05) is 31.7 Å². The summed E-state index contributed by atoms with van der Waals surface area (Å²) in [4.78, 5) is 43.2. The van der Waals surface area contributed by atoms with Crippen LogP contribution in [0.2, 0.25) is 0 Å². The molecule has 1 N–H and O–H groups in total. The maximum absolute atomic E-state index is 13.9. The maximum atomic E-state index is 13.9. The highest BCUT2D eigenvalue weighted by atomic mass is 19.1. The monoisotopic (exact) mass is 483 g/mol. The van der Waals surface area contributed by atoms with Crippen LogP contribution in [0.1, 0.15) is 56.9 Å². The summed E-state index contributed by atoms with van der Waals surface area (Å²) in [6, 6.07) is 5.72. The minimum absolute atomic E-state index is 0.109. The Bertz CT molecular complexity index is 996. The van der Waals surface area contributed by atoms with Crippen molar-refractivity contribution in [3.05, 3.63) is 47.3 Å². The van der Waals surface area contributed by atoms with Crippen LogP contribution >= 0.6 is 0 Å². The number of nitrogens with one attached hydrogen (secondary N) is 1. The van der Waals surface area contributed by atoms with E-state index in [1.807, 2.05) is 4.90 Å². The van der Waals surface area contributed by atoms with Gasteiger partial charge in [0.15, 0.2) is 0 Å². The fourth-order valence-corrected chi connectivity index (χ4v) is 6.08. The Morgan fingerprint density at radius 3 is 2.51 bits per heavy atom. The van der Waals surface area contributed by atoms with E-state index in [-0.39, 0.29) is 36.2 Å². The predicted molar refractivity (Wildman–Crippen MR) is 128 cm³/mol. The van der Waals surface area contributed by atoms with E-state index < -0.39 is 11.6 Å². The minimum atomic E-state index is -1.10. The Balaban J connectivity index is 1.35. The first-order valence-electron chi connectivity index (χ1n) is 12.9. The third-order valence-electron chi connectivity index (χ3n) is 8.05. The fraction of sp³-hybridized carbons (Fsp3) is 0.593. The van der Waals surface area contributed by atoms with E-state index in [0.717, 1.165) is 49.7 Å². The molecule has 7 nitrogen and oxygen atoms in total. The van der Waals surface area contributed by atoms with Crippen LogP contribution < -0.4 is 5.32 Å². The van der Waals surface area contributed by atoms with E-state index in [9.17, 15) is 18.8 Å². The van der Waals surface area contributed by atoms with Crippen LogP contribution in [0, 0.1) is 11.7 Å². The third kappa shape index (κ3) is 4.85. The molecule has 3 fully saturated rings. The molecule has 8 heteroatoms. The normalized spacial score (nSPS) is 27.8. The molecule has 0 bridgehead atoms. The number of hydrogen-bond acceptors (Lipinski definition) is 4. The number of rotatable bonds is 6. The largest absolute Gasteiger partial charge is 0.376 e. The molecule has 1 aliphatic carbocycles. The Morgan fingerprint density at radius 1 is 1.09 bits per heavy atom. The van der Waals surface area contributed by atoms with Crippen molar-refractivity contribution in [1.29, 1.82) is 0 Å². The van der Waals surface area contributed by atoms with Crippen LogP contribution in [0.15, 0.2) is 35.9 Å². The minimum Gasteiger partial charge on any atom is -0.376 e. The van der Waals surface area contributed by atoms with Gasteiger partial charge in [0.25, 0.3) is 5.91 Å². The summed E-state index contributed by atoms with van der Waals surface area (Å²) in [6.07, 6.45) is 9.22. The maximum Gasteiger partial charge on any atom is 0.325 e. The van der Waals surface area contributed by atoms with Crippen molar-refractivity contribution in [3.8, 4) is 0 Å². The first-order valence-corrected chi connectivity index (χ1v) is 12.9. The molecule has 2 unspecified atom stereocenters. The van der Waals surface area contributed by atoms with E-state index in [4.69, 9.17) is 4.74 Å². The SMILES string of the molecule is O=C(C1=CCCCC1)N1CCC(C2(Cc3ccc(F)cc3)NC(=O)N(CC3CCCO3)C2=O)CC1. The number of ether oxygens (including phenoxy) is 1. The standard InChI is InChI=1S/C27H34FN3O4/c28-22-10-8-19(9-11-22)17-27(25(33)31(26(34)29-27)18-23-7-4-16-35-23)21-12-14-30(15-13-21)24(32)20-5-2-1-3-6-20/h5,8-11,21,23H,1-4,6-7,12-18H2,(H,29,34). The molecule has 35 heavy (non-hydrogen) atoms. The molecule has 0 spiro atoms. The van der Waals surface area contributed by atoms with E-state index in [1.165, 1.54) is 17.0 Å². The number of imide groups is 1. The fourth-order valence-electron chi connectivity index (χ4n) is 6.08.